The molecule has 7 heavy (non-hydrogen) atoms. The summed E-state index contributed by atoms with van der Waals surface area (Å²) in [6, 6.07) is 0. The number of thiazole rings is 1. The second-order valence-corrected chi connectivity index (χ2v) is 1.31. The molecular formula is C3H2ClNSZn. The van der Waals surface area contributed by atoms with Crippen LogP contribution in [0.25, 0.3) is 0 Å². The molecule has 0 unspecified atom stereocenters. The predicted molar refractivity (Wildman–Crippen MR) is 26.8 cm³/mol. The van der Waals surface area contributed by atoms with Gasteiger partial charge in [0.2, 0.25) is 0 Å². The maximum Gasteiger partial charge on any atom is -0.0221 e. The van der Waals surface area contributed by atoms with Crippen molar-refractivity contribution in [3.63, 3.8) is 0 Å². The zero-order valence-corrected chi connectivity index (χ0v) is 8.13. The Morgan fingerprint density at radius 3 is 2.57 bits per heavy atom. The van der Waals surface area contributed by atoms with Gasteiger partial charge in [-0.25, -0.2) is 0 Å². The Bertz CT molecular complexity index is 71.4. The van der Waals surface area contributed by atoms with Crippen LogP contribution in [0.1, 0.15) is 0 Å². The van der Waals surface area contributed by atoms with Crippen LogP contribution in [-0.2, 0) is 17.3 Å². The van der Waals surface area contributed by atoms with Gasteiger partial charge >= 0.3 is 27.0 Å². The first-order valence-corrected chi connectivity index (χ1v) is 6.30. The minimum atomic E-state index is 0.847. The summed E-state index contributed by atoms with van der Waals surface area (Å²) >= 11 is 2.32. The van der Waals surface area contributed by atoms with Gasteiger partial charge in [0.05, 0.1) is 0 Å². The van der Waals surface area contributed by atoms with Crippen LogP contribution in [0.3, 0.4) is 0 Å². The van der Waals surface area contributed by atoms with Crippen molar-refractivity contribution in [2.24, 2.45) is 0 Å². The molecule has 0 fully saturated rings. The molecule has 0 aliphatic heterocycles. The average molecular weight is 185 g/mol. The van der Waals surface area contributed by atoms with Crippen molar-refractivity contribution >= 4 is 21.0 Å². The van der Waals surface area contributed by atoms with Crippen molar-refractivity contribution in [3.8, 4) is 0 Å². The predicted octanol–water partition coefficient (Wildman–Crippen LogP) is 1.63. The molecule has 0 amide bonds. The molecule has 1 aromatic rings. The Balaban J connectivity index is 0.000000162. The maximum absolute atomic E-state index is 4.76. The summed E-state index contributed by atoms with van der Waals surface area (Å²) in [6.07, 6.45) is 1.71. The van der Waals surface area contributed by atoms with Crippen LogP contribution < -0.4 is 0 Å². The van der Waals surface area contributed by atoms with E-state index < -0.39 is 0 Å². The number of halogens is 1. The molecule has 1 heterocycles. The van der Waals surface area contributed by atoms with Crippen LogP contribution >= 0.6 is 21.0 Å². The van der Waals surface area contributed by atoms with Gasteiger partial charge in [-0.15, -0.1) is 11.6 Å². The summed E-state index contributed by atoms with van der Waals surface area (Å²) in [6.45, 7) is 0. The van der Waals surface area contributed by atoms with E-state index in [1.807, 2.05) is 5.38 Å². The van der Waals surface area contributed by atoms with E-state index in [0.29, 0.717) is 0 Å². The SMILES string of the molecule is [Cl][Zn+].[c-]1nccs1. The van der Waals surface area contributed by atoms with Crippen LogP contribution in [0.2, 0.25) is 0 Å². The first-order chi connectivity index (χ1) is 3.50. The molecule has 0 aromatic carbocycles. The summed E-state index contributed by atoms with van der Waals surface area (Å²) in [4.78, 5) is 3.62. The fourth-order valence-electron chi connectivity index (χ4n) is 0.152. The minimum Gasteiger partial charge on any atom is -0.394 e. The number of rotatable bonds is 0. The fraction of sp³-hybridized carbons (Fsp3) is 0. The van der Waals surface area contributed by atoms with Gasteiger partial charge in [0.1, 0.15) is 0 Å². The van der Waals surface area contributed by atoms with E-state index in [-0.39, 0.29) is 0 Å². The topological polar surface area (TPSA) is 12.9 Å². The monoisotopic (exact) mass is 183 g/mol. The normalized spacial score (nSPS) is 6.71. The third-order valence-corrected chi connectivity index (χ3v) is 0.777. The molecule has 34 valence electrons. The van der Waals surface area contributed by atoms with Gasteiger partial charge < -0.3 is 4.98 Å². The van der Waals surface area contributed by atoms with Gasteiger partial charge in [0.25, 0.3) is 0 Å². The second kappa shape index (κ2) is 6.54. The quantitative estimate of drug-likeness (QED) is 0.442. The zero-order valence-electron chi connectivity index (χ0n) is 3.60. The first-order valence-electron chi connectivity index (χ1n) is 1.52. The van der Waals surface area contributed by atoms with E-state index in [1.54, 1.807) is 6.20 Å². The summed E-state index contributed by atoms with van der Waals surface area (Å²) in [5.74, 6) is 0. The van der Waals surface area contributed by atoms with Gasteiger partial charge in [0, 0.05) is 0 Å². The van der Waals surface area contributed by atoms with Crippen LogP contribution in [0, 0.1) is 5.51 Å². The molecule has 0 aliphatic carbocycles. The van der Waals surface area contributed by atoms with E-state index in [0.717, 1.165) is 17.3 Å². The van der Waals surface area contributed by atoms with Crippen molar-refractivity contribution in [1.29, 1.82) is 0 Å². The molecule has 1 aromatic heterocycles. The van der Waals surface area contributed by atoms with Crippen LogP contribution in [0.4, 0.5) is 0 Å². The second-order valence-electron chi connectivity index (χ2n) is 0.623. The molecule has 1 rings (SSSR count). The molecule has 0 spiro atoms. The molecule has 0 saturated carbocycles. The minimum absolute atomic E-state index is 0.847. The summed E-state index contributed by atoms with van der Waals surface area (Å²) in [7, 11) is 4.76. The van der Waals surface area contributed by atoms with E-state index in [4.69, 9.17) is 9.69 Å². The van der Waals surface area contributed by atoms with E-state index in [1.165, 1.54) is 11.3 Å². The van der Waals surface area contributed by atoms with E-state index >= 15 is 0 Å². The maximum atomic E-state index is 4.76. The molecule has 0 atom stereocenters. The third kappa shape index (κ3) is 4.40. The Hall–Kier alpha value is 0.543. The molecule has 0 bridgehead atoms. The van der Waals surface area contributed by atoms with Gasteiger partial charge in [-0.1, -0.05) is 0 Å². The van der Waals surface area contributed by atoms with Gasteiger partial charge in [-0.3, -0.25) is 11.3 Å². The smallest absolute Gasteiger partial charge is 0.0221 e. The van der Waals surface area contributed by atoms with Crippen LogP contribution in [0.5, 0.6) is 0 Å². The van der Waals surface area contributed by atoms with Crippen molar-refractivity contribution in [3.05, 3.63) is 17.1 Å². The standard InChI is InChI=1S/C3H2NS.ClH.Zn/c1-2-5-3-4-1;;/h1-2H;1H;/q-1;;+2/p-1. The summed E-state index contributed by atoms with van der Waals surface area (Å²) in [5.41, 5.74) is 2.65. The zero-order chi connectivity index (χ0) is 5.54. The molecule has 1 nitrogen and oxygen atoms in total. The van der Waals surface area contributed by atoms with Crippen molar-refractivity contribution in [2.75, 3.05) is 0 Å². The Morgan fingerprint density at radius 2 is 2.43 bits per heavy atom. The van der Waals surface area contributed by atoms with Gasteiger partial charge in [0.15, 0.2) is 0 Å². The number of aromatic nitrogens is 1. The van der Waals surface area contributed by atoms with Crippen LogP contribution in [0.15, 0.2) is 11.6 Å². The molecule has 0 aliphatic rings. The Labute approximate surface area is 60.4 Å². The van der Waals surface area contributed by atoms with E-state index in [2.05, 4.69) is 10.5 Å². The van der Waals surface area contributed by atoms with Gasteiger partial charge in [-0.2, -0.15) is 0 Å². The molecule has 4 heteroatoms. The first kappa shape index (κ1) is 7.54. The number of nitrogens with zero attached hydrogens (tertiary/aromatic N) is 1. The number of hydrogen-bond donors (Lipinski definition) is 0. The summed E-state index contributed by atoms with van der Waals surface area (Å²) in [5, 5.41) is 1.88. The number of hydrogen-bond acceptors (Lipinski definition) is 2. The average Bonchev–Trinajstić information content (AvgIpc) is 2.23. The van der Waals surface area contributed by atoms with E-state index in [9.17, 15) is 0 Å². The van der Waals surface area contributed by atoms with Crippen molar-refractivity contribution in [1.82, 2.24) is 4.98 Å². The molecule has 0 radical (unpaired) electrons. The molecular weight excluding hydrogens is 183 g/mol. The third-order valence-electron chi connectivity index (χ3n) is 0.309. The molecule has 0 N–H and O–H groups in total. The van der Waals surface area contributed by atoms with Crippen molar-refractivity contribution < 1.29 is 17.3 Å². The van der Waals surface area contributed by atoms with Crippen LogP contribution in [-0.4, -0.2) is 4.98 Å². The summed E-state index contributed by atoms with van der Waals surface area (Å²) < 4.78 is 0. The Kier molecular flexibility index (Phi) is 7.05. The largest absolute Gasteiger partial charge is 0.394 e. The molecule has 0 saturated heterocycles. The Morgan fingerprint density at radius 1 is 1.71 bits per heavy atom. The fourth-order valence-corrected chi connectivity index (χ4v) is 0.456. The van der Waals surface area contributed by atoms with Gasteiger partial charge in [-0.05, 0) is 5.51 Å². The van der Waals surface area contributed by atoms with Crippen molar-refractivity contribution in [2.45, 2.75) is 0 Å².